The minimum atomic E-state index is -0.541. The minimum Gasteiger partial charge on any atom is -0.493 e. The lowest BCUT2D eigenvalue weighted by Gasteiger charge is -2.26. The molecule has 2 aliphatic rings. The summed E-state index contributed by atoms with van der Waals surface area (Å²) < 4.78 is 16.8. The van der Waals surface area contributed by atoms with Gasteiger partial charge in [0.05, 0.1) is 37.6 Å². The van der Waals surface area contributed by atoms with Crippen molar-refractivity contribution in [2.45, 2.75) is 18.9 Å². The monoisotopic (exact) mass is 526 g/mol. The van der Waals surface area contributed by atoms with Crippen molar-refractivity contribution >= 4 is 39.2 Å². The van der Waals surface area contributed by atoms with Gasteiger partial charge in [-0.15, -0.1) is 0 Å². The molecule has 0 saturated carbocycles. The first-order valence-electron chi connectivity index (χ1n) is 11.1. The van der Waals surface area contributed by atoms with E-state index in [-0.39, 0.29) is 25.1 Å². The number of ether oxygens (including phenoxy) is 3. The lowest BCUT2D eigenvalue weighted by Crippen LogP contribution is -2.41. The number of hydrogen-bond donors (Lipinski definition) is 0. The zero-order valence-corrected chi connectivity index (χ0v) is 20.6. The van der Waals surface area contributed by atoms with Crippen molar-refractivity contribution in [3.8, 4) is 11.5 Å². The van der Waals surface area contributed by atoms with Gasteiger partial charge < -0.3 is 19.1 Å². The smallest absolute Gasteiger partial charge is 0.414 e. The molecule has 2 heterocycles. The third kappa shape index (κ3) is 4.82. The van der Waals surface area contributed by atoms with Gasteiger partial charge in [-0.3, -0.25) is 9.69 Å². The summed E-state index contributed by atoms with van der Waals surface area (Å²) in [5, 5.41) is 0.797. The predicted molar refractivity (Wildman–Crippen MR) is 135 cm³/mol. The SMILES string of the molecule is C=CCOC(=O)N1C[C@@H]2CC(c3ccccc3)=CN2C(=O)c2cc(OC)c(OCCCBr)cc21. The van der Waals surface area contributed by atoms with Crippen molar-refractivity contribution in [3.05, 3.63) is 72.4 Å². The van der Waals surface area contributed by atoms with E-state index in [0.29, 0.717) is 35.8 Å². The van der Waals surface area contributed by atoms with Crippen molar-refractivity contribution in [1.29, 1.82) is 0 Å². The number of rotatable bonds is 8. The first-order chi connectivity index (χ1) is 16.6. The molecule has 0 unspecified atom stereocenters. The Labute approximate surface area is 207 Å². The van der Waals surface area contributed by atoms with Gasteiger partial charge in [0.15, 0.2) is 11.5 Å². The number of alkyl halides is 1. The highest BCUT2D eigenvalue weighted by atomic mass is 79.9. The standard InChI is InChI=1S/C26H27BrN2O5/c1-3-11-34-26(31)29-17-20-13-19(18-8-5-4-6-9-18)16-28(20)25(30)21-14-23(32-2)24(15-22(21)29)33-12-7-10-27/h3-6,8-9,14-16,20H,1,7,10-13,17H2,2H3/t20-/m0/s1. The molecule has 0 bridgehead atoms. The average Bonchev–Trinajstić information content (AvgIpc) is 3.25. The molecule has 0 radical (unpaired) electrons. The highest BCUT2D eigenvalue weighted by molar-refractivity contribution is 9.09. The van der Waals surface area contributed by atoms with Gasteiger partial charge in [-0.25, -0.2) is 4.79 Å². The molecule has 0 N–H and O–H groups in total. The zero-order valence-electron chi connectivity index (χ0n) is 19.0. The number of nitrogens with zero attached hydrogens (tertiary/aromatic N) is 2. The average molecular weight is 527 g/mol. The molecule has 4 rings (SSSR count). The van der Waals surface area contributed by atoms with Crippen LogP contribution in [0.4, 0.5) is 10.5 Å². The third-order valence-electron chi connectivity index (χ3n) is 5.80. The van der Waals surface area contributed by atoms with E-state index in [4.69, 9.17) is 14.2 Å². The molecule has 0 aliphatic carbocycles. The number of methoxy groups -OCH3 is 1. The number of fused-ring (bicyclic) bond motifs is 2. The number of carbonyl (C=O) groups excluding carboxylic acids is 2. The first kappa shape index (κ1) is 23.9. The Morgan fingerprint density at radius 2 is 2.03 bits per heavy atom. The highest BCUT2D eigenvalue weighted by Gasteiger charge is 2.40. The molecule has 0 saturated heterocycles. The summed E-state index contributed by atoms with van der Waals surface area (Å²) in [6.45, 7) is 4.45. The molecule has 1 atom stereocenters. The van der Waals surface area contributed by atoms with Crippen LogP contribution in [0.5, 0.6) is 11.5 Å². The molecular formula is C26H27BrN2O5. The fourth-order valence-electron chi connectivity index (χ4n) is 4.18. The number of carbonyl (C=O) groups is 2. The van der Waals surface area contributed by atoms with E-state index < -0.39 is 6.09 Å². The number of hydrogen-bond acceptors (Lipinski definition) is 5. The van der Waals surface area contributed by atoms with Crippen LogP contribution in [-0.2, 0) is 4.74 Å². The van der Waals surface area contributed by atoms with E-state index in [2.05, 4.69) is 22.5 Å². The molecule has 2 aliphatic heterocycles. The molecular weight excluding hydrogens is 500 g/mol. The number of halogens is 1. The zero-order chi connectivity index (χ0) is 24.1. The van der Waals surface area contributed by atoms with Crippen LogP contribution in [0.15, 0.2) is 61.3 Å². The van der Waals surface area contributed by atoms with E-state index in [1.807, 2.05) is 36.5 Å². The lowest BCUT2D eigenvalue weighted by molar-refractivity contribution is 0.0794. The maximum atomic E-state index is 13.7. The normalized spacial score (nSPS) is 16.8. The molecule has 8 heteroatoms. The van der Waals surface area contributed by atoms with Crippen LogP contribution >= 0.6 is 15.9 Å². The lowest BCUT2D eigenvalue weighted by atomic mass is 10.0. The quantitative estimate of drug-likeness (QED) is 0.266. The number of amides is 2. The molecule has 2 aromatic carbocycles. The summed E-state index contributed by atoms with van der Waals surface area (Å²) in [4.78, 5) is 30.0. The van der Waals surface area contributed by atoms with Gasteiger partial charge in [0, 0.05) is 17.6 Å². The number of benzene rings is 2. The Kier molecular flexibility index (Phi) is 7.57. The van der Waals surface area contributed by atoms with Gasteiger partial charge in [0.25, 0.3) is 5.91 Å². The summed E-state index contributed by atoms with van der Waals surface area (Å²) in [7, 11) is 1.53. The van der Waals surface area contributed by atoms with Gasteiger partial charge in [0.1, 0.15) is 6.61 Å². The summed E-state index contributed by atoms with van der Waals surface area (Å²) >= 11 is 3.39. The molecule has 2 aromatic rings. The Balaban J connectivity index is 1.76. The van der Waals surface area contributed by atoms with Crippen LogP contribution in [0.25, 0.3) is 5.57 Å². The van der Waals surface area contributed by atoms with Gasteiger partial charge >= 0.3 is 6.09 Å². The topological polar surface area (TPSA) is 68.3 Å². The Morgan fingerprint density at radius 1 is 1.24 bits per heavy atom. The van der Waals surface area contributed by atoms with E-state index >= 15 is 0 Å². The summed E-state index contributed by atoms with van der Waals surface area (Å²) in [6, 6.07) is 13.1. The molecule has 2 amide bonds. The maximum Gasteiger partial charge on any atom is 0.414 e. The molecule has 7 nitrogen and oxygen atoms in total. The molecule has 34 heavy (non-hydrogen) atoms. The van der Waals surface area contributed by atoms with Crippen LogP contribution in [0.3, 0.4) is 0 Å². The summed E-state index contributed by atoms with van der Waals surface area (Å²) in [5.41, 5.74) is 2.90. The Bertz CT molecular complexity index is 1100. The van der Waals surface area contributed by atoms with E-state index in [1.54, 1.807) is 17.0 Å². The summed E-state index contributed by atoms with van der Waals surface area (Å²) in [5.74, 6) is 0.709. The van der Waals surface area contributed by atoms with Crippen LogP contribution in [0.2, 0.25) is 0 Å². The van der Waals surface area contributed by atoms with Crippen molar-refractivity contribution in [2.24, 2.45) is 0 Å². The van der Waals surface area contributed by atoms with Gasteiger partial charge in [-0.05, 0) is 30.0 Å². The second-order valence-corrected chi connectivity index (χ2v) is 8.77. The fourth-order valence-corrected chi connectivity index (χ4v) is 4.41. The van der Waals surface area contributed by atoms with E-state index in [0.717, 1.165) is 22.9 Å². The van der Waals surface area contributed by atoms with Crippen LogP contribution in [-0.4, -0.2) is 55.1 Å². The van der Waals surface area contributed by atoms with E-state index in [9.17, 15) is 9.59 Å². The highest BCUT2D eigenvalue weighted by Crippen LogP contribution is 2.41. The van der Waals surface area contributed by atoms with Gasteiger partial charge in [-0.2, -0.15) is 0 Å². The van der Waals surface area contributed by atoms with Crippen molar-refractivity contribution in [2.75, 3.05) is 37.1 Å². The molecule has 178 valence electrons. The van der Waals surface area contributed by atoms with Crippen LogP contribution in [0, 0.1) is 0 Å². The van der Waals surface area contributed by atoms with Crippen molar-refractivity contribution in [3.63, 3.8) is 0 Å². The van der Waals surface area contributed by atoms with Crippen molar-refractivity contribution in [1.82, 2.24) is 4.90 Å². The largest absolute Gasteiger partial charge is 0.493 e. The second kappa shape index (κ2) is 10.8. The molecule has 0 spiro atoms. The third-order valence-corrected chi connectivity index (χ3v) is 6.36. The molecule has 0 aromatic heterocycles. The van der Waals surface area contributed by atoms with Crippen molar-refractivity contribution < 1.29 is 23.8 Å². The van der Waals surface area contributed by atoms with E-state index in [1.165, 1.54) is 18.1 Å². The predicted octanol–water partition coefficient (Wildman–Crippen LogP) is 5.26. The maximum absolute atomic E-state index is 13.7. The fraction of sp³-hybridized carbons (Fsp3) is 0.308. The number of anilines is 1. The van der Waals surface area contributed by atoms with Crippen LogP contribution in [0.1, 0.15) is 28.8 Å². The first-order valence-corrected chi connectivity index (χ1v) is 12.2. The van der Waals surface area contributed by atoms with Gasteiger partial charge in [-0.1, -0.05) is 58.9 Å². The van der Waals surface area contributed by atoms with Crippen LogP contribution < -0.4 is 14.4 Å². The Morgan fingerprint density at radius 3 is 2.74 bits per heavy atom. The van der Waals surface area contributed by atoms with Gasteiger partial charge in [0.2, 0.25) is 0 Å². The molecule has 0 fully saturated rings. The summed E-state index contributed by atoms with van der Waals surface area (Å²) in [6.07, 6.45) is 4.29. The Hall–Kier alpha value is -3.26. The minimum absolute atomic E-state index is 0.0747. The second-order valence-electron chi connectivity index (χ2n) is 7.98.